The van der Waals surface area contributed by atoms with Crippen molar-refractivity contribution in [2.75, 3.05) is 34.1 Å². The number of fused-ring (bicyclic) bond motifs is 3. The van der Waals surface area contributed by atoms with Crippen LogP contribution in [0.4, 0.5) is 0 Å². The van der Waals surface area contributed by atoms with Gasteiger partial charge in [-0.1, -0.05) is 83.8 Å². The third-order valence-corrected chi connectivity index (χ3v) is 16.7. The second-order valence-electron chi connectivity index (χ2n) is 22.4. The summed E-state index contributed by atoms with van der Waals surface area (Å²) in [5.41, 5.74) is 1.30. The summed E-state index contributed by atoms with van der Waals surface area (Å²) in [5, 5.41) is 23.6. The molecular weight excluding hydrogens is 899 g/mol. The van der Waals surface area contributed by atoms with Crippen LogP contribution in [0.15, 0.2) is 47.6 Å². The van der Waals surface area contributed by atoms with E-state index in [9.17, 15) is 34.2 Å². The van der Waals surface area contributed by atoms with Gasteiger partial charge in [0.15, 0.2) is 5.78 Å². The molecule has 5 aliphatic rings. The number of hydrogen-bond acceptors (Lipinski definition) is 13. The van der Waals surface area contributed by atoms with Gasteiger partial charge in [-0.2, -0.15) is 0 Å². The Kier molecular flexibility index (Phi) is 20.6. The molecule has 0 spiro atoms. The Labute approximate surface area is 413 Å². The summed E-state index contributed by atoms with van der Waals surface area (Å²) in [5.74, 6) is -8.15. The smallest absolute Gasteiger partial charge is 0.329 e. The highest BCUT2D eigenvalue weighted by molar-refractivity contribution is 6.76. The number of allylic oxidation sites excluding steroid dienone is 6. The molecule has 4 aliphatic heterocycles. The Bertz CT molecular complexity index is 1920. The first-order valence-electron chi connectivity index (χ1n) is 25.6. The molecule has 1 saturated carbocycles. The van der Waals surface area contributed by atoms with Crippen LogP contribution in [-0.2, 0) is 52.4 Å². The number of aliphatic hydroxyl groups is 2. The molecule has 0 aromatic rings. The van der Waals surface area contributed by atoms with Crippen molar-refractivity contribution in [3.8, 4) is 0 Å². The van der Waals surface area contributed by atoms with Crippen LogP contribution >= 0.6 is 0 Å². The first-order chi connectivity index (χ1) is 32.5. The van der Waals surface area contributed by atoms with E-state index in [4.69, 9.17) is 28.4 Å². The molecule has 6 bridgehead atoms. The molecule has 4 heterocycles. The predicted molar refractivity (Wildman–Crippen MR) is 265 cm³/mol. The summed E-state index contributed by atoms with van der Waals surface area (Å²) in [6.45, 7) is 17.8. The summed E-state index contributed by atoms with van der Waals surface area (Å²) in [6.07, 6.45) is 13.2. The second kappa shape index (κ2) is 25.0. The number of methoxy groups -OCH3 is 3. The molecule has 2 N–H and O–H groups in total. The van der Waals surface area contributed by atoms with Gasteiger partial charge in [0.2, 0.25) is 5.79 Å². The molecule has 5 rings (SSSR count). The zero-order valence-corrected chi connectivity index (χ0v) is 44.6. The fourth-order valence-electron chi connectivity index (χ4n) is 11.5. The van der Waals surface area contributed by atoms with Gasteiger partial charge in [-0.15, -0.1) is 0 Å². The lowest BCUT2D eigenvalue weighted by atomic mass is 9.68. The van der Waals surface area contributed by atoms with Crippen molar-refractivity contribution in [1.29, 1.82) is 0 Å². The fraction of sp³-hybridized carbons (Fsp3) is 0.759. The van der Waals surface area contributed by atoms with E-state index in [0.717, 1.165) is 24.6 Å². The third kappa shape index (κ3) is 14.3. The number of aliphatic hydroxyl groups excluding tert-OH is 1. The average Bonchev–Trinajstić information content (AvgIpc) is 3.30. The van der Waals surface area contributed by atoms with Crippen LogP contribution in [0.25, 0.3) is 0 Å². The zero-order valence-electron chi connectivity index (χ0n) is 43.6. The Hall–Kier alpha value is -3.15. The van der Waals surface area contributed by atoms with Crippen LogP contribution < -0.4 is 0 Å². The van der Waals surface area contributed by atoms with E-state index >= 15 is 0 Å². The lowest BCUT2D eigenvalue weighted by molar-refractivity contribution is -0.266. The van der Waals surface area contributed by atoms with Crippen molar-refractivity contribution in [3.63, 3.8) is 0 Å². The number of Topliss-reactive ketones (excluding diaryl/α,β-unsaturated/α-hetero) is 3. The van der Waals surface area contributed by atoms with E-state index in [-0.39, 0.29) is 54.5 Å². The highest BCUT2D eigenvalue weighted by Crippen LogP contribution is 2.45. The molecule has 14 nitrogen and oxygen atoms in total. The van der Waals surface area contributed by atoms with Gasteiger partial charge in [0.1, 0.15) is 30.1 Å². The zero-order chi connectivity index (χ0) is 51.0. The number of carbonyl (C=O) groups excluding carboxylic acids is 5. The molecule has 0 radical (unpaired) electrons. The van der Waals surface area contributed by atoms with Crippen molar-refractivity contribution in [3.05, 3.63) is 47.6 Å². The second-order valence-corrected chi connectivity index (χ2v) is 27.8. The molecule has 3 saturated heterocycles. The van der Waals surface area contributed by atoms with E-state index in [0.29, 0.717) is 56.9 Å². The topological polar surface area (TPSA) is 184 Å². The van der Waals surface area contributed by atoms with Crippen LogP contribution in [-0.4, -0.2) is 141 Å². The van der Waals surface area contributed by atoms with Gasteiger partial charge in [-0.05, 0) is 101 Å². The van der Waals surface area contributed by atoms with Crippen LogP contribution in [0.2, 0.25) is 19.6 Å². The summed E-state index contributed by atoms with van der Waals surface area (Å²) >= 11 is 0. The lowest BCUT2D eigenvalue weighted by Crippen LogP contribution is -2.65. The molecule has 69 heavy (non-hydrogen) atoms. The molecule has 16 atom stereocenters. The summed E-state index contributed by atoms with van der Waals surface area (Å²) in [4.78, 5) is 72.8. The molecule has 1 amide bonds. The molecular formula is C54H85NO13Si. The van der Waals surface area contributed by atoms with Gasteiger partial charge in [0, 0.05) is 70.6 Å². The van der Waals surface area contributed by atoms with Crippen LogP contribution in [0.3, 0.4) is 0 Å². The maximum absolute atomic E-state index is 14.6. The number of hydrogen-bond donors (Lipinski definition) is 2. The largest absolute Gasteiger partial charge is 0.460 e. The van der Waals surface area contributed by atoms with Crippen molar-refractivity contribution in [1.82, 2.24) is 4.90 Å². The van der Waals surface area contributed by atoms with Gasteiger partial charge in [0.05, 0.1) is 32.5 Å². The quantitative estimate of drug-likeness (QED) is 0.107. The number of piperidine rings is 1. The van der Waals surface area contributed by atoms with Gasteiger partial charge in [-0.25, -0.2) is 4.79 Å². The van der Waals surface area contributed by atoms with Crippen LogP contribution in [0, 0.1) is 41.4 Å². The van der Waals surface area contributed by atoms with Gasteiger partial charge < -0.3 is 43.5 Å². The molecule has 0 aromatic carbocycles. The lowest BCUT2D eigenvalue weighted by Gasteiger charge is -2.50. The minimum atomic E-state index is -2.43. The molecule has 388 valence electrons. The summed E-state index contributed by atoms with van der Waals surface area (Å²) < 4.78 is 36.5. The van der Waals surface area contributed by atoms with Crippen LogP contribution in [0.1, 0.15) is 112 Å². The summed E-state index contributed by atoms with van der Waals surface area (Å²) in [6, 6.07) is -1.10. The Balaban J connectivity index is 1.50. The number of carbonyl (C=O) groups is 5. The van der Waals surface area contributed by atoms with Gasteiger partial charge in [-0.3, -0.25) is 19.2 Å². The SMILES string of the molecule is CO[C@H]1C[C@@H]2CC[C@@H](C)[C@@](O)(O2)C(=O)C(=O)N2CCCC3[C@H]2C(=O)O[C@@H](CC(=O)[C@H](C)/C=C(\C)[C@@H](O)[C@@H](OC)C(=O)[C@H](C)C[C@H](C)/C=C/C=C/C=C/1C)[C@H]3C[C@@H]1CC[C@@H](OC[Si](C)(C)C)[C@H](OC)C1. The number of ether oxygens (including phenoxy) is 6. The first-order valence-corrected chi connectivity index (χ1v) is 29.3. The molecule has 1 aliphatic carbocycles. The van der Waals surface area contributed by atoms with Gasteiger partial charge in [0.25, 0.3) is 11.7 Å². The molecule has 15 heteroatoms. The number of rotatable bonds is 8. The minimum absolute atomic E-state index is 0.0269. The number of amides is 1. The maximum atomic E-state index is 14.6. The Morgan fingerprint density at radius 1 is 0.841 bits per heavy atom. The highest BCUT2D eigenvalue weighted by atomic mass is 28.3. The van der Waals surface area contributed by atoms with Crippen molar-refractivity contribution < 1.29 is 62.6 Å². The first kappa shape index (κ1) is 56.8. The molecule has 4 fully saturated rings. The third-order valence-electron chi connectivity index (χ3n) is 15.6. The van der Waals surface area contributed by atoms with Crippen molar-refractivity contribution in [2.45, 2.75) is 186 Å². The number of nitrogens with zero attached hydrogens (tertiary/aromatic N) is 1. The number of ketones is 3. The Morgan fingerprint density at radius 3 is 2.23 bits per heavy atom. The molecule has 1 unspecified atom stereocenters. The van der Waals surface area contributed by atoms with Crippen molar-refractivity contribution in [2.24, 2.45) is 41.4 Å². The van der Waals surface area contributed by atoms with E-state index in [2.05, 4.69) is 19.6 Å². The fourth-order valence-corrected chi connectivity index (χ4v) is 12.2. The van der Waals surface area contributed by atoms with E-state index in [1.165, 1.54) is 12.0 Å². The normalized spacial score (nSPS) is 41.2. The highest BCUT2D eigenvalue weighted by Gasteiger charge is 2.57. The Morgan fingerprint density at radius 2 is 1.57 bits per heavy atom. The van der Waals surface area contributed by atoms with E-state index in [1.54, 1.807) is 41.1 Å². The maximum Gasteiger partial charge on any atom is 0.329 e. The van der Waals surface area contributed by atoms with E-state index in [1.807, 2.05) is 51.2 Å². The summed E-state index contributed by atoms with van der Waals surface area (Å²) in [7, 11) is 3.20. The average molecular weight is 984 g/mol. The number of esters is 1. The monoisotopic (exact) mass is 984 g/mol. The molecule has 0 aromatic heterocycles. The van der Waals surface area contributed by atoms with Crippen molar-refractivity contribution >= 4 is 37.3 Å². The minimum Gasteiger partial charge on any atom is -0.460 e. The standard InChI is InChI=1S/C54H85NO13Si/c1-32-17-14-13-15-18-33(2)44(63-7)29-39-22-20-37(6)54(62,68-39)51(59)52(60)55-24-16-19-40-41(27-38-21-23-43(46(28-38)64-8)66-31-69(10,11)12)45(67-53(61)47(40)55)30-42(56)34(3)26-36(5)49(58)50(65-9)48(57)35(4)25-32/h13-15,17-18,26,32,34-35,37-41,43-47,49-50,58,62H,16,19-25,27-31H2,1-12H3/b15-13+,17-14+,33-18+,36-26+/t32-,34-,35-,37-,38+,39+,40?,41+,43-,44+,45+,46-,47+,49-,50+,54-/m1/s1. The van der Waals surface area contributed by atoms with Crippen LogP contribution in [0.5, 0.6) is 0 Å². The van der Waals surface area contributed by atoms with Gasteiger partial charge >= 0.3 is 5.97 Å². The predicted octanol–water partition coefficient (Wildman–Crippen LogP) is 7.30. The van der Waals surface area contributed by atoms with E-state index < -0.39 is 91.8 Å².